The molecule has 1 amide bonds. The summed E-state index contributed by atoms with van der Waals surface area (Å²) in [7, 11) is 0. The van der Waals surface area contributed by atoms with Crippen LogP contribution in [0.5, 0.6) is 5.75 Å². The van der Waals surface area contributed by atoms with Gasteiger partial charge in [-0.25, -0.2) is 4.79 Å². The molecular formula is C25H24N2O4. The molecule has 3 aromatic carbocycles. The summed E-state index contributed by atoms with van der Waals surface area (Å²) in [4.78, 5) is 27.0. The van der Waals surface area contributed by atoms with Crippen molar-refractivity contribution in [3.63, 3.8) is 0 Å². The number of hydrogen-bond acceptors (Lipinski definition) is 5. The molecular weight excluding hydrogens is 392 g/mol. The SMILES string of the molecule is O=C(c1ccccc1)c1ccccc1NCC1CN(C(=O)Oc2ccccc2)CCO1. The highest BCUT2D eigenvalue weighted by atomic mass is 16.6. The van der Waals surface area contributed by atoms with Crippen LogP contribution in [-0.4, -0.2) is 49.1 Å². The highest BCUT2D eigenvalue weighted by molar-refractivity contribution is 6.12. The Balaban J connectivity index is 1.37. The monoisotopic (exact) mass is 416 g/mol. The van der Waals surface area contributed by atoms with Gasteiger partial charge in [0.25, 0.3) is 0 Å². The first-order chi connectivity index (χ1) is 15.2. The van der Waals surface area contributed by atoms with Gasteiger partial charge in [-0.15, -0.1) is 0 Å². The van der Waals surface area contributed by atoms with E-state index in [9.17, 15) is 9.59 Å². The quantitative estimate of drug-likeness (QED) is 0.609. The van der Waals surface area contributed by atoms with E-state index >= 15 is 0 Å². The second-order valence-electron chi connectivity index (χ2n) is 7.24. The van der Waals surface area contributed by atoms with Crippen molar-refractivity contribution in [2.45, 2.75) is 6.10 Å². The Hall–Kier alpha value is -3.64. The molecule has 0 aromatic heterocycles. The number of amides is 1. The van der Waals surface area contributed by atoms with Crippen molar-refractivity contribution < 1.29 is 19.1 Å². The van der Waals surface area contributed by atoms with E-state index < -0.39 is 0 Å². The van der Waals surface area contributed by atoms with Crippen molar-refractivity contribution in [2.24, 2.45) is 0 Å². The molecule has 6 heteroatoms. The molecule has 1 fully saturated rings. The third-order valence-electron chi connectivity index (χ3n) is 5.07. The van der Waals surface area contributed by atoms with Crippen LogP contribution in [0.3, 0.4) is 0 Å². The summed E-state index contributed by atoms with van der Waals surface area (Å²) in [5.74, 6) is 0.475. The topological polar surface area (TPSA) is 67.9 Å². The number of benzene rings is 3. The van der Waals surface area contributed by atoms with Gasteiger partial charge in [-0.1, -0.05) is 60.7 Å². The number of morpholine rings is 1. The predicted octanol–water partition coefficient (Wildman–Crippen LogP) is 4.23. The summed E-state index contributed by atoms with van der Waals surface area (Å²) >= 11 is 0. The lowest BCUT2D eigenvalue weighted by Crippen LogP contribution is -2.48. The Morgan fingerprint density at radius 1 is 0.935 bits per heavy atom. The summed E-state index contributed by atoms with van der Waals surface area (Å²) < 4.78 is 11.2. The Morgan fingerprint density at radius 2 is 1.61 bits per heavy atom. The molecule has 1 heterocycles. The predicted molar refractivity (Wildman–Crippen MR) is 119 cm³/mol. The normalized spacial score (nSPS) is 15.9. The maximum absolute atomic E-state index is 12.9. The maximum Gasteiger partial charge on any atom is 0.415 e. The lowest BCUT2D eigenvalue weighted by atomic mass is 10.0. The smallest absolute Gasteiger partial charge is 0.410 e. The minimum absolute atomic E-state index is 0.0404. The van der Waals surface area contributed by atoms with Crippen molar-refractivity contribution in [1.29, 1.82) is 0 Å². The molecule has 1 atom stereocenters. The number of nitrogens with zero attached hydrogens (tertiary/aromatic N) is 1. The number of ether oxygens (including phenoxy) is 2. The van der Waals surface area contributed by atoms with E-state index in [1.165, 1.54) is 0 Å². The van der Waals surface area contributed by atoms with Crippen molar-refractivity contribution >= 4 is 17.6 Å². The zero-order valence-electron chi connectivity index (χ0n) is 17.1. The fourth-order valence-corrected chi connectivity index (χ4v) is 3.47. The maximum atomic E-state index is 12.9. The Labute approximate surface area is 181 Å². The second-order valence-corrected chi connectivity index (χ2v) is 7.24. The molecule has 0 radical (unpaired) electrons. The molecule has 1 saturated heterocycles. The molecule has 1 aliphatic rings. The first-order valence-corrected chi connectivity index (χ1v) is 10.3. The molecule has 6 nitrogen and oxygen atoms in total. The Morgan fingerprint density at radius 3 is 2.39 bits per heavy atom. The average Bonchev–Trinajstić information content (AvgIpc) is 2.84. The van der Waals surface area contributed by atoms with Crippen LogP contribution in [-0.2, 0) is 4.74 Å². The van der Waals surface area contributed by atoms with Gasteiger partial charge in [0.15, 0.2) is 5.78 Å². The van der Waals surface area contributed by atoms with Gasteiger partial charge in [-0.2, -0.15) is 0 Å². The summed E-state index contributed by atoms with van der Waals surface area (Å²) in [5.41, 5.74) is 1.98. The molecule has 1 unspecified atom stereocenters. The van der Waals surface area contributed by atoms with Crippen molar-refractivity contribution in [1.82, 2.24) is 4.90 Å². The number of nitrogens with one attached hydrogen (secondary N) is 1. The van der Waals surface area contributed by atoms with Crippen LogP contribution >= 0.6 is 0 Å². The van der Waals surface area contributed by atoms with E-state index in [4.69, 9.17) is 9.47 Å². The van der Waals surface area contributed by atoms with E-state index in [0.29, 0.717) is 43.1 Å². The van der Waals surface area contributed by atoms with Crippen molar-refractivity contribution in [3.05, 3.63) is 96.1 Å². The number of carbonyl (C=O) groups excluding carboxylic acids is 2. The van der Waals surface area contributed by atoms with E-state index in [2.05, 4.69) is 5.32 Å². The van der Waals surface area contributed by atoms with E-state index in [1.807, 2.05) is 60.7 Å². The van der Waals surface area contributed by atoms with Crippen LogP contribution in [0.1, 0.15) is 15.9 Å². The minimum Gasteiger partial charge on any atom is -0.410 e. The van der Waals surface area contributed by atoms with E-state index in [-0.39, 0.29) is 18.0 Å². The fraction of sp³-hybridized carbons (Fsp3) is 0.200. The van der Waals surface area contributed by atoms with Crippen LogP contribution in [0, 0.1) is 0 Å². The third kappa shape index (κ3) is 5.29. The lowest BCUT2D eigenvalue weighted by molar-refractivity contribution is -0.0133. The molecule has 4 rings (SSSR count). The first-order valence-electron chi connectivity index (χ1n) is 10.3. The molecule has 1 N–H and O–H groups in total. The van der Waals surface area contributed by atoms with E-state index in [0.717, 1.165) is 5.69 Å². The number of ketones is 1. The molecule has 0 saturated carbocycles. The molecule has 1 aliphatic heterocycles. The van der Waals surface area contributed by atoms with Crippen LogP contribution in [0.4, 0.5) is 10.5 Å². The number of anilines is 1. The highest BCUT2D eigenvalue weighted by Crippen LogP contribution is 2.20. The van der Waals surface area contributed by atoms with Crippen LogP contribution in [0.25, 0.3) is 0 Å². The largest absolute Gasteiger partial charge is 0.415 e. The van der Waals surface area contributed by atoms with Crippen LogP contribution in [0.15, 0.2) is 84.9 Å². The Bertz CT molecular complexity index is 1020. The molecule has 0 aliphatic carbocycles. The van der Waals surface area contributed by atoms with Gasteiger partial charge in [-0.05, 0) is 24.3 Å². The number of hydrogen-bond donors (Lipinski definition) is 1. The molecule has 0 bridgehead atoms. The van der Waals surface area contributed by atoms with Crippen molar-refractivity contribution in [3.8, 4) is 5.75 Å². The first kappa shape index (κ1) is 20.6. The number of carbonyl (C=O) groups is 2. The molecule has 3 aromatic rings. The van der Waals surface area contributed by atoms with Gasteiger partial charge < -0.3 is 19.7 Å². The average molecular weight is 416 g/mol. The van der Waals surface area contributed by atoms with Gasteiger partial charge in [0.1, 0.15) is 5.75 Å². The van der Waals surface area contributed by atoms with Gasteiger partial charge in [0, 0.05) is 29.9 Å². The highest BCUT2D eigenvalue weighted by Gasteiger charge is 2.26. The standard InChI is InChI=1S/C25H24N2O4/c28-24(19-9-3-1-4-10-19)22-13-7-8-14-23(22)26-17-21-18-27(15-16-30-21)25(29)31-20-11-5-2-6-12-20/h1-14,21,26H,15-18H2. The summed E-state index contributed by atoms with van der Waals surface area (Å²) in [6.07, 6.45) is -0.601. The van der Waals surface area contributed by atoms with Gasteiger partial charge in [0.2, 0.25) is 0 Å². The minimum atomic E-state index is -0.390. The zero-order valence-corrected chi connectivity index (χ0v) is 17.1. The second kappa shape index (κ2) is 9.91. The zero-order chi connectivity index (χ0) is 21.5. The summed E-state index contributed by atoms with van der Waals surface area (Å²) in [5, 5.41) is 3.32. The van der Waals surface area contributed by atoms with Gasteiger partial charge in [-0.3, -0.25) is 4.79 Å². The van der Waals surface area contributed by atoms with Gasteiger partial charge >= 0.3 is 6.09 Å². The number of para-hydroxylation sites is 2. The third-order valence-corrected chi connectivity index (χ3v) is 5.07. The fourth-order valence-electron chi connectivity index (χ4n) is 3.47. The van der Waals surface area contributed by atoms with Crippen LogP contribution in [0.2, 0.25) is 0 Å². The molecule has 158 valence electrons. The van der Waals surface area contributed by atoms with E-state index in [1.54, 1.807) is 29.2 Å². The summed E-state index contributed by atoms with van der Waals surface area (Å²) in [6.45, 7) is 1.79. The lowest BCUT2D eigenvalue weighted by Gasteiger charge is -2.32. The van der Waals surface area contributed by atoms with Crippen molar-refractivity contribution in [2.75, 3.05) is 31.6 Å². The van der Waals surface area contributed by atoms with Crippen LogP contribution < -0.4 is 10.1 Å². The summed E-state index contributed by atoms with van der Waals surface area (Å²) in [6, 6.07) is 25.6. The molecule has 0 spiro atoms. The number of rotatable bonds is 6. The van der Waals surface area contributed by atoms with Gasteiger partial charge in [0.05, 0.1) is 19.3 Å². The Kier molecular flexibility index (Phi) is 6.59. The molecule has 31 heavy (non-hydrogen) atoms.